The maximum absolute atomic E-state index is 12.8. The number of carbonyl (C=O) groups excluding carboxylic acids is 1. The van der Waals surface area contributed by atoms with Crippen LogP contribution < -0.4 is 0 Å². The minimum atomic E-state index is -0.234. The molecule has 3 unspecified atom stereocenters. The van der Waals surface area contributed by atoms with Crippen LogP contribution in [0.15, 0.2) is 36.5 Å². The highest BCUT2D eigenvalue weighted by Gasteiger charge is 2.43. The fraction of sp³-hybridized carbons (Fsp3) is 0.412. The van der Waals surface area contributed by atoms with Crippen molar-refractivity contribution in [2.24, 2.45) is 11.8 Å². The topological polar surface area (TPSA) is 53.4 Å². The number of benzene rings is 1. The summed E-state index contributed by atoms with van der Waals surface area (Å²) in [5.41, 5.74) is 1.57. The third kappa shape index (κ3) is 2.02. The van der Waals surface area contributed by atoms with Crippen LogP contribution in [0.5, 0.6) is 0 Å². The molecule has 0 bridgehead atoms. The van der Waals surface area contributed by atoms with E-state index in [-0.39, 0.29) is 17.9 Å². The van der Waals surface area contributed by atoms with E-state index in [1.165, 1.54) is 0 Å². The van der Waals surface area contributed by atoms with Crippen molar-refractivity contribution in [2.45, 2.75) is 18.9 Å². The lowest BCUT2D eigenvalue weighted by Crippen LogP contribution is -2.31. The van der Waals surface area contributed by atoms with E-state index in [0.717, 1.165) is 35.9 Å². The summed E-state index contributed by atoms with van der Waals surface area (Å²) in [6.07, 6.45) is 3.38. The normalized spacial score (nSPS) is 28.0. The lowest BCUT2D eigenvalue weighted by Gasteiger charge is -2.19. The number of carbonyl (C=O) groups is 1. The number of aliphatic hydroxyl groups is 1. The molecule has 1 aromatic carbocycles. The lowest BCUT2D eigenvalue weighted by molar-refractivity contribution is 0.0754. The number of aromatic nitrogens is 1. The molecule has 108 valence electrons. The fourth-order valence-corrected chi connectivity index (χ4v) is 3.86. The zero-order valence-electron chi connectivity index (χ0n) is 11.8. The predicted molar refractivity (Wildman–Crippen MR) is 79.9 cm³/mol. The summed E-state index contributed by atoms with van der Waals surface area (Å²) in [5, 5.41) is 10.9. The summed E-state index contributed by atoms with van der Waals surface area (Å²) in [6.45, 7) is 1.46. The Kier molecular flexibility index (Phi) is 2.93. The molecule has 1 saturated carbocycles. The van der Waals surface area contributed by atoms with Gasteiger partial charge in [-0.15, -0.1) is 0 Å². The van der Waals surface area contributed by atoms with Crippen LogP contribution in [0.4, 0.5) is 0 Å². The van der Waals surface area contributed by atoms with Gasteiger partial charge in [0.1, 0.15) is 0 Å². The molecule has 4 rings (SSSR count). The molecule has 21 heavy (non-hydrogen) atoms. The summed E-state index contributed by atoms with van der Waals surface area (Å²) < 4.78 is 0. The molecule has 2 aliphatic rings. The van der Waals surface area contributed by atoms with Crippen LogP contribution in [0.2, 0.25) is 0 Å². The van der Waals surface area contributed by atoms with Gasteiger partial charge in [-0.05, 0) is 30.9 Å². The van der Waals surface area contributed by atoms with Gasteiger partial charge in [0, 0.05) is 30.6 Å². The summed E-state index contributed by atoms with van der Waals surface area (Å²) in [5.74, 6) is 0.800. The first-order chi connectivity index (χ1) is 10.2. The Balaban J connectivity index is 1.66. The third-order valence-electron chi connectivity index (χ3n) is 4.99. The number of para-hydroxylation sites is 1. The number of amides is 1. The number of rotatable bonds is 1. The van der Waals surface area contributed by atoms with Crippen molar-refractivity contribution < 1.29 is 9.90 Å². The molecular formula is C17H18N2O2. The number of likely N-dealkylation sites (tertiary alicyclic amines) is 1. The molecule has 2 heterocycles. The maximum Gasteiger partial charge on any atom is 0.254 e. The second-order valence-corrected chi connectivity index (χ2v) is 6.15. The number of hydrogen-bond donors (Lipinski definition) is 1. The van der Waals surface area contributed by atoms with Gasteiger partial charge in [-0.2, -0.15) is 0 Å². The number of hydrogen-bond acceptors (Lipinski definition) is 3. The van der Waals surface area contributed by atoms with Gasteiger partial charge < -0.3 is 10.0 Å². The number of fused-ring (bicyclic) bond motifs is 2. The molecule has 1 amide bonds. The highest BCUT2D eigenvalue weighted by Crippen LogP contribution is 2.38. The first-order valence-electron chi connectivity index (χ1n) is 7.55. The van der Waals surface area contributed by atoms with E-state index >= 15 is 0 Å². The minimum Gasteiger partial charge on any atom is -0.393 e. The Labute approximate surface area is 123 Å². The minimum absolute atomic E-state index is 0.0650. The van der Waals surface area contributed by atoms with Crippen LogP contribution >= 0.6 is 0 Å². The van der Waals surface area contributed by atoms with E-state index in [9.17, 15) is 9.90 Å². The van der Waals surface area contributed by atoms with Crippen molar-refractivity contribution in [1.29, 1.82) is 0 Å². The van der Waals surface area contributed by atoms with Crippen LogP contribution in [0.25, 0.3) is 10.9 Å². The Morgan fingerprint density at radius 1 is 1.19 bits per heavy atom. The van der Waals surface area contributed by atoms with Gasteiger partial charge in [0.25, 0.3) is 5.91 Å². The molecule has 4 heteroatoms. The van der Waals surface area contributed by atoms with Gasteiger partial charge in [-0.3, -0.25) is 9.78 Å². The molecule has 1 aliphatic heterocycles. The van der Waals surface area contributed by atoms with Gasteiger partial charge in [0.2, 0.25) is 0 Å². The van der Waals surface area contributed by atoms with Crippen molar-refractivity contribution in [3.63, 3.8) is 0 Å². The van der Waals surface area contributed by atoms with Crippen LogP contribution in [-0.4, -0.2) is 40.1 Å². The second-order valence-electron chi connectivity index (χ2n) is 6.15. The van der Waals surface area contributed by atoms with Gasteiger partial charge in [0.15, 0.2) is 0 Å². The molecule has 1 aromatic heterocycles. The van der Waals surface area contributed by atoms with Crippen LogP contribution in [0.1, 0.15) is 23.2 Å². The molecule has 3 atom stereocenters. The highest BCUT2D eigenvalue weighted by molar-refractivity contribution is 6.06. The Morgan fingerprint density at radius 2 is 2.05 bits per heavy atom. The lowest BCUT2D eigenvalue weighted by atomic mass is 10.00. The molecule has 2 fully saturated rings. The van der Waals surface area contributed by atoms with Gasteiger partial charge >= 0.3 is 0 Å². The average molecular weight is 282 g/mol. The summed E-state index contributed by atoms with van der Waals surface area (Å²) in [7, 11) is 0. The summed E-state index contributed by atoms with van der Waals surface area (Å²) in [4.78, 5) is 19.0. The van der Waals surface area contributed by atoms with E-state index in [4.69, 9.17) is 0 Å². The van der Waals surface area contributed by atoms with E-state index < -0.39 is 0 Å². The van der Waals surface area contributed by atoms with Crippen LogP contribution in [0.3, 0.4) is 0 Å². The monoisotopic (exact) mass is 282 g/mol. The van der Waals surface area contributed by atoms with Crippen molar-refractivity contribution in [2.75, 3.05) is 13.1 Å². The number of nitrogens with zero attached hydrogens (tertiary/aromatic N) is 2. The Bertz CT molecular complexity index is 695. The molecule has 0 spiro atoms. The molecule has 1 aliphatic carbocycles. The largest absolute Gasteiger partial charge is 0.393 e. The highest BCUT2D eigenvalue weighted by atomic mass is 16.3. The third-order valence-corrected chi connectivity index (χ3v) is 4.99. The molecule has 4 nitrogen and oxygen atoms in total. The van der Waals surface area contributed by atoms with Gasteiger partial charge in [0.05, 0.1) is 17.2 Å². The zero-order chi connectivity index (χ0) is 14.4. The van der Waals surface area contributed by atoms with Gasteiger partial charge in [-0.1, -0.05) is 18.2 Å². The fourth-order valence-electron chi connectivity index (χ4n) is 3.86. The molecular weight excluding hydrogens is 264 g/mol. The number of pyridine rings is 1. The van der Waals surface area contributed by atoms with Crippen molar-refractivity contribution in [3.05, 3.63) is 42.1 Å². The quantitative estimate of drug-likeness (QED) is 0.871. The average Bonchev–Trinajstić information content (AvgIpc) is 3.08. The predicted octanol–water partition coefficient (Wildman–Crippen LogP) is 2.08. The van der Waals surface area contributed by atoms with Gasteiger partial charge in [-0.25, -0.2) is 0 Å². The molecule has 2 aromatic rings. The maximum atomic E-state index is 12.8. The smallest absolute Gasteiger partial charge is 0.254 e. The summed E-state index contributed by atoms with van der Waals surface area (Å²) >= 11 is 0. The van der Waals surface area contributed by atoms with Crippen LogP contribution in [0, 0.1) is 11.8 Å². The van der Waals surface area contributed by atoms with E-state index in [1.807, 2.05) is 29.2 Å². The standard InChI is InChI=1S/C17H18N2O2/c20-16-6-5-11-9-19(10-14(11)16)17(21)13-7-8-18-15-4-2-1-3-12(13)15/h1-4,7-8,11,14,16,20H,5-6,9-10H2. The molecule has 1 N–H and O–H groups in total. The first-order valence-corrected chi connectivity index (χ1v) is 7.55. The zero-order valence-corrected chi connectivity index (χ0v) is 11.8. The summed E-state index contributed by atoms with van der Waals surface area (Å²) in [6, 6.07) is 9.54. The van der Waals surface area contributed by atoms with E-state index in [0.29, 0.717) is 12.5 Å². The molecule has 1 saturated heterocycles. The van der Waals surface area contributed by atoms with Crippen molar-refractivity contribution in [3.8, 4) is 0 Å². The molecule has 0 radical (unpaired) electrons. The SMILES string of the molecule is O=C(c1ccnc2ccccc12)N1CC2CCC(O)C2C1. The van der Waals surface area contributed by atoms with Crippen molar-refractivity contribution >= 4 is 16.8 Å². The first kappa shape index (κ1) is 12.8. The van der Waals surface area contributed by atoms with E-state index in [1.54, 1.807) is 12.3 Å². The second kappa shape index (κ2) is 4.81. The van der Waals surface area contributed by atoms with E-state index in [2.05, 4.69) is 4.98 Å². The Hall–Kier alpha value is -1.94. The Morgan fingerprint density at radius 3 is 2.90 bits per heavy atom. The van der Waals surface area contributed by atoms with Crippen molar-refractivity contribution in [1.82, 2.24) is 9.88 Å². The van der Waals surface area contributed by atoms with Crippen LogP contribution in [-0.2, 0) is 0 Å². The number of aliphatic hydroxyl groups excluding tert-OH is 1.